The number of nitrogens with two attached hydrogens (primary N) is 1. The van der Waals surface area contributed by atoms with Crippen LogP contribution >= 0.6 is 0 Å². The molecule has 1 aromatic heterocycles. The number of anilines is 1. The number of hydrazone groups is 1. The topological polar surface area (TPSA) is 102 Å². The van der Waals surface area contributed by atoms with E-state index in [9.17, 15) is 4.79 Å². The molecule has 0 saturated carbocycles. The normalized spacial score (nSPS) is 10.4. The second-order valence-electron chi connectivity index (χ2n) is 3.77. The number of carbonyl (C=O) groups is 1. The average molecular weight is 271 g/mol. The highest BCUT2D eigenvalue weighted by atomic mass is 16.5. The number of rotatable bonds is 5. The molecule has 2 aromatic rings. The van der Waals surface area contributed by atoms with E-state index >= 15 is 0 Å². The number of hydrogen-bond donors (Lipinski definition) is 2. The molecule has 102 valence electrons. The molecule has 0 spiro atoms. The fraction of sp³-hybridized carbons (Fsp3) is 0.0769. The first-order valence-corrected chi connectivity index (χ1v) is 5.81. The van der Waals surface area contributed by atoms with Crippen LogP contribution in [0.25, 0.3) is 0 Å². The van der Waals surface area contributed by atoms with Crippen molar-refractivity contribution in [1.82, 2.24) is 15.4 Å². The molecule has 7 nitrogen and oxygen atoms in total. The van der Waals surface area contributed by atoms with Gasteiger partial charge in [0.05, 0.1) is 6.21 Å². The van der Waals surface area contributed by atoms with E-state index in [1.807, 2.05) is 18.2 Å². The molecule has 0 fully saturated rings. The van der Waals surface area contributed by atoms with Crippen LogP contribution in [0.15, 0.2) is 47.8 Å². The van der Waals surface area contributed by atoms with Crippen molar-refractivity contribution in [2.45, 2.75) is 0 Å². The van der Waals surface area contributed by atoms with Gasteiger partial charge in [-0.2, -0.15) is 5.10 Å². The standard InChI is InChI=1S/C13H13N5O2/c14-13-15-6-10(7-16-13)8-17-18-12(19)9-20-11-4-2-1-3-5-11/h1-8H,9H2,(H,18,19)(H2,14,15,16)/b17-8-. The molecule has 0 bridgehead atoms. The highest BCUT2D eigenvalue weighted by Crippen LogP contribution is 2.07. The Morgan fingerprint density at radius 1 is 1.30 bits per heavy atom. The molecule has 0 aliphatic carbocycles. The highest BCUT2D eigenvalue weighted by molar-refractivity contribution is 5.82. The lowest BCUT2D eigenvalue weighted by atomic mass is 10.3. The summed E-state index contributed by atoms with van der Waals surface area (Å²) >= 11 is 0. The number of benzene rings is 1. The third kappa shape index (κ3) is 4.37. The lowest BCUT2D eigenvalue weighted by molar-refractivity contribution is -0.123. The summed E-state index contributed by atoms with van der Waals surface area (Å²) in [6.07, 6.45) is 4.41. The number of ether oxygens (including phenoxy) is 1. The van der Waals surface area contributed by atoms with Crippen molar-refractivity contribution in [3.63, 3.8) is 0 Å². The second-order valence-corrected chi connectivity index (χ2v) is 3.77. The van der Waals surface area contributed by atoms with Crippen molar-refractivity contribution in [3.05, 3.63) is 48.3 Å². The minimum absolute atomic E-state index is 0.112. The predicted molar refractivity (Wildman–Crippen MR) is 74.1 cm³/mol. The Bertz CT molecular complexity index is 583. The molecule has 7 heteroatoms. The first-order valence-electron chi connectivity index (χ1n) is 5.81. The summed E-state index contributed by atoms with van der Waals surface area (Å²) in [6, 6.07) is 9.05. The third-order valence-electron chi connectivity index (χ3n) is 2.21. The first kappa shape index (κ1) is 13.5. The van der Waals surface area contributed by atoms with Gasteiger partial charge in [0.1, 0.15) is 5.75 Å². The number of para-hydroxylation sites is 1. The Kier molecular flexibility index (Phi) is 4.60. The van der Waals surface area contributed by atoms with Gasteiger partial charge in [0.2, 0.25) is 5.95 Å². The lowest BCUT2D eigenvalue weighted by Gasteiger charge is -2.03. The number of aromatic nitrogens is 2. The van der Waals surface area contributed by atoms with Crippen LogP contribution < -0.4 is 15.9 Å². The van der Waals surface area contributed by atoms with Crippen molar-refractivity contribution in [2.24, 2.45) is 5.10 Å². The van der Waals surface area contributed by atoms with Gasteiger partial charge in [-0.3, -0.25) is 4.79 Å². The molecular formula is C13H13N5O2. The lowest BCUT2D eigenvalue weighted by Crippen LogP contribution is -2.24. The van der Waals surface area contributed by atoms with E-state index in [2.05, 4.69) is 20.5 Å². The summed E-state index contributed by atoms with van der Waals surface area (Å²) in [5.74, 6) is 0.447. The van der Waals surface area contributed by atoms with Crippen LogP contribution in [-0.2, 0) is 4.79 Å². The van der Waals surface area contributed by atoms with E-state index in [0.717, 1.165) is 0 Å². The molecule has 1 aromatic carbocycles. The highest BCUT2D eigenvalue weighted by Gasteiger charge is 2.00. The molecule has 0 saturated heterocycles. The van der Waals surface area contributed by atoms with Gasteiger partial charge in [-0.25, -0.2) is 15.4 Å². The van der Waals surface area contributed by atoms with Crippen LogP contribution in [0.2, 0.25) is 0 Å². The Morgan fingerprint density at radius 2 is 2.00 bits per heavy atom. The predicted octanol–water partition coefficient (Wildman–Crippen LogP) is 0.588. The Morgan fingerprint density at radius 3 is 2.70 bits per heavy atom. The van der Waals surface area contributed by atoms with E-state index in [0.29, 0.717) is 11.3 Å². The number of nitrogens with zero attached hydrogens (tertiary/aromatic N) is 3. The smallest absolute Gasteiger partial charge is 0.277 e. The molecular weight excluding hydrogens is 258 g/mol. The van der Waals surface area contributed by atoms with Gasteiger partial charge in [-0.05, 0) is 12.1 Å². The molecule has 3 N–H and O–H groups in total. The number of amides is 1. The van der Waals surface area contributed by atoms with Crippen LogP contribution in [0, 0.1) is 0 Å². The van der Waals surface area contributed by atoms with Gasteiger partial charge in [0.15, 0.2) is 6.61 Å². The van der Waals surface area contributed by atoms with E-state index < -0.39 is 0 Å². The van der Waals surface area contributed by atoms with Gasteiger partial charge < -0.3 is 10.5 Å². The average Bonchev–Trinajstić information content (AvgIpc) is 2.48. The summed E-state index contributed by atoms with van der Waals surface area (Å²) in [5, 5.41) is 3.76. The van der Waals surface area contributed by atoms with Crippen molar-refractivity contribution in [1.29, 1.82) is 0 Å². The van der Waals surface area contributed by atoms with Gasteiger partial charge in [0.25, 0.3) is 5.91 Å². The van der Waals surface area contributed by atoms with Crippen molar-refractivity contribution in [3.8, 4) is 5.75 Å². The molecule has 1 heterocycles. The fourth-order valence-corrected chi connectivity index (χ4v) is 1.29. The van der Waals surface area contributed by atoms with Gasteiger partial charge in [-0.15, -0.1) is 0 Å². The summed E-state index contributed by atoms with van der Waals surface area (Å²) in [4.78, 5) is 19.0. The summed E-state index contributed by atoms with van der Waals surface area (Å²) in [5.41, 5.74) is 8.31. The van der Waals surface area contributed by atoms with Crippen LogP contribution in [0.5, 0.6) is 5.75 Å². The number of carbonyl (C=O) groups excluding carboxylic acids is 1. The van der Waals surface area contributed by atoms with Crippen molar-refractivity contribution < 1.29 is 9.53 Å². The van der Waals surface area contributed by atoms with Gasteiger partial charge in [0, 0.05) is 18.0 Å². The van der Waals surface area contributed by atoms with Crippen molar-refractivity contribution >= 4 is 18.1 Å². The second kappa shape index (κ2) is 6.83. The SMILES string of the molecule is Nc1ncc(/C=N\NC(=O)COc2ccccc2)cn1. The maximum atomic E-state index is 11.5. The summed E-state index contributed by atoms with van der Waals surface area (Å²) < 4.78 is 5.26. The van der Waals surface area contributed by atoms with E-state index in [1.165, 1.54) is 18.6 Å². The van der Waals surface area contributed by atoms with Gasteiger partial charge in [-0.1, -0.05) is 18.2 Å². The minimum atomic E-state index is -0.360. The maximum absolute atomic E-state index is 11.5. The quantitative estimate of drug-likeness (QED) is 0.612. The van der Waals surface area contributed by atoms with Crippen LogP contribution in [0.4, 0.5) is 5.95 Å². The Hall–Kier alpha value is -2.96. The molecule has 2 rings (SSSR count). The number of nitrogen functional groups attached to an aromatic ring is 1. The molecule has 0 atom stereocenters. The van der Waals surface area contributed by atoms with E-state index in [-0.39, 0.29) is 18.5 Å². The van der Waals surface area contributed by atoms with Gasteiger partial charge >= 0.3 is 0 Å². The number of nitrogens with one attached hydrogen (secondary N) is 1. The minimum Gasteiger partial charge on any atom is -0.484 e. The van der Waals surface area contributed by atoms with Crippen molar-refractivity contribution in [2.75, 3.05) is 12.3 Å². The molecule has 0 aliphatic rings. The van der Waals surface area contributed by atoms with Crippen LogP contribution in [0.3, 0.4) is 0 Å². The monoisotopic (exact) mass is 271 g/mol. The Balaban J connectivity index is 1.76. The largest absolute Gasteiger partial charge is 0.484 e. The molecule has 1 amide bonds. The van der Waals surface area contributed by atoms with E-state index in [1.54, 1.807) is 12.1 Å². The zero-order valence-electron chi connectivity index (χ0n) is 10.6. The zero-order valence-corrected chi connectivity index (χ0v) is 10.6. The number of hydrogen-bond acceptors (Lipinski definition) is 6. The fourth-order valence-electron chi connectivity index (χ4n) is 1.29. The molecule has 0 radical (unpaired) electrons. The zero-order chi connectivity index (χ0) is 14.2. The molecule has 0 aliphatic heterocycles. The van der Waals surface area contributed by atoms with E-state index in [4.69, 9.17) is 10.5 Å². The first-order chi connectivity index (χ1) is 9.74. The molecule has 20 heavy (non-hydrogen) atoms. The third-order valence-corrected chi connectivity index (χ3v) is 2.21. The molecule has 0 unspecified atom stereocenters. The summed E-state index contributed by atoms with van der Waals surface area (Å²) in [6.45, 7) is -0.112. The Labute approximate surface area is 115 Å². The van der Waals surface area contributed by atoms with Crippen LogP contribution in [-0.4, -0.2) is 28.7 Å². The van der Waals surface area contributed by atoms with Crippen LogP contribution in [0.1, 0.15) is 5.56 Å². The maximum Gasteiger partial charge on any atom is 0.277 e. The summed E-state index contributed by atoms with van der Waals surface area (Å²) in [7, 11) is 0.